The molecular formula is C9H20NNaO3S3. The Morgan fingerprint density at radius 3 is 2.47 bits per heavy atom. The first-order chi connectivity index (χ1) is 7.45. The summed E-state index contributed by atoms with van der Waals surface area (Å²) in [6.45, 7) is 2.15. The monoisotopic (exact) mass is 309 g/mol. The minimum Gasteiger partial charge on any atom is -0.748 e. The molecule has 8 heteroatoms. The van der Waals surface area contributed by atoms with E-state index < -0.39 is 10.1 Å². The van der Waals surface area contributed by atoms with E-state index in [0.29, 0.717) is 12.8 Å². The molecule has 0 aliphatic carbocycles. The van der Waals surface area contributed by atoms with Crippen LogP contribution in [-0.2, 0) is 10.1 Å². The summed E-state index contributed by atoms with van der Waals surface area (Å²) in [5, 5.41) is 0. The van der Waals surface area contributed by atoms with Gasteiger partial charge in [-0.3, -0.25) is 0 Å². The molecule has 0 aromatic rings. The van der Waals surface area contributed by atoms with Crippen LogP contribution in [0.3, 0.4) is 0 Å². The summed E-state index contributed by atoms with van der Waals surface area (Å²) < 4.78 is 31.0. The third-order valence-corrected chi connectivity index (χ3v) is 5.30. The Morgan fingerprint density at radius 1 is 1.29 bits per heavy atom. The minimum absolute atomic E-state index is 0. The van der Waals surface area contributed by atoms with Crippen molar-refractivity contribution in [3.8, 4) is 0 Å². The molecule has 0 aromatic carbocycles. The van der Waals surface area contributed by atoms with Gasteiger partial charge in [0.1, 0.15) is 0 Å². The number of nitrogens with two attached hydrogens (primary N) is 1. The fourth-order valence-corrected chi connectivity index (χ4v) is 4.01. The molecule has 17 heavy (non-hydrogen) atoms. The van der Waals surface area contributed by atoms with Crippen molar-refractivity contribution in [2.45, 2.75) is 38.6 Å². The fraction of sp³-hybridized carbons (Fsp3) is 1.00. The SMILES string of the molecule is CCCCSSCC(N)CCCS(=O)(=O)[O-].[Na+]. The van der Waals surface area contributed by atoms with Gasteiger partial charge in [-0.2, -0.15) is 0 Å². The van der Waals surface area contributed by atoms with Crippen molar-refractivity contribution >= 4 is 31.7 Å². The van der Waals surface area contributed by atoms with E-state index in [4.69, 9.17) is 5.73 Å². The summed E-state index contributed by atoms with van der Waals surface area (Å²) in [5.41, 5.74) is 5.79. The Morgan fingerprint density at radius 2 is 1.94 bits per heavy atom. The molecule has 1 atom stereocenters. The number of hydrogen-bond acceptors (Lipinski definition) is 6. The van der Waals surface area contributed by atoms with Gasteiger partial charge in [-0.25, -0.2) is 8.42 Å². The van der Waals surface area contributed by atoms with Crippen molar-refractivity contribution in [3.05, 3.63) is 0 Å². The second-order valence-electron chi connectivity index (χ2n) is 3.62. The molecule has 2 N–H and O–H groups in total. The van der Waals surface area contributed by atoms with Gasteiger partial charge in [0, 0.05) is 23.3 Å². The second kappa shape index (κ2) is 12.6. The van der Waals surface area contributed by atoms with Crippen LogP contribution < -0.4 is 35.3 Å². The van der Waals surface area contributed by atoms with E-state index in [1.807, 2.05) is 0 Å². The molecule has 0 rings (SSSR count). The number of rotatable bonds is 10. The molecule has 0 radical (unpaired) electrons. The molecule has 0 amide bonds. The molecule has 0 aliphatic rings. The zero-order valence-electron chi connectivity index (χ0n) is 10.6. The van der Waals surface area contributed by atoms with Gasteiger partial charge >= 0.3 is 29.6 Å². The van der Waals surface area contributed by atoms with Crippen molar-refractivity contribution < 1.29 is 42.5 Å². The largest absolute Gasteiger partial charge is 1.00 e. The Kier molecular flexibility index (Phi) is 15.5. The van der Waals surface area contributed by atoms with Crippen molar-refractivity contribution in [2.75, 3.05) is 17.3 Å². The van der Waals surface area contributed by atoms with E-state index in [1.165, 1.54) is 12.8 Å². The van der Waals surface area contributed by atoms with E-state index in [9.17, 15) is 13.0 Å². The first-order valence-corrected chi connectivity index (χ1v) is 9.46. The second-order valence-corrected chi connectivity index (χ2v) is 7.77. The third kappa shape index (κ3) is 17.6. The quantitative estimate of drug-likeness (QED) is 0.237. The predicted octanol–water partition coefficient (Wildman–Crippen LogP) is -1.18. The minimum atomic E-state index is -4.07. The first-order valence-electron chi connectivity index (χ1n) is 5.39. The van der Waals surface area contributed by atoms with Crippen LogP contribution in [0.2, 0.25) is 0 Å². The average Bonchev–Trinajstić information content (AvgIpc) is 2.15. The summed E-state index contributed by atoms with van der Waals surface area (Å²) >= 11 is 0. The average molecular weight is 309 g/mol. The molecule has 0 fully saturated rings. The van der Waals surface area contributed by atoms with E-state index in [2.05, 4.69) is 6.92 Å². The van der Waals surface area contributed by atoms with E-state index in [1.54, 1.807) is 21.6 Å². The van der Waals surface area contributed by atoms with Crippen molar-refractivity contribution in [3.63, 3.8) is 0 Å². The zero-order valence-corrected chi connectivity index (χ0v) is 15.0. The molecule has 1 unspecified atom stereocenters. The molecule has 0 aliphatic heterocycles. The van der Waals surface area contributed by atoms with Gasteiger partial charge < -0.3 is 10.3 Å². The molecule has 0 bridgehead atoms. The van der Waals surface area contributed by atoms with Gasteiger partial charge in [-0.15, -0.1) is 0 Å². The molecular weight excluding hydrogens is 289 g/mol. The van der Waals surface area contributed by atoms with Gasteiger partial charge in [-0.05, 0) is 19.3 Å². The molecule has 0 spiro atoms. The van der Waals surface area contributed by atoms with Gasteiger partial charge in [-0.1, -0.05) is 34.9 Å². The maximum absolute atomic E-state index is 10.3. The maximum Gasteiger partial charge on any atom is 1.00 e. The predicted molar refractivity (Wildman–Crippen MR) is 71.6 cm³/mol. The van der Waals surface area contributed by atoms with Crippen LogP contribution in [0.1, 0.15) is 32.6 Å². The third-order valence-electron chi connectivity index (χ3n) is 1.92. The Bertz CT molecular complexity index is 262. The van der Waals surface area contributed by atoms with Crippen LogP contribution in [0, 0.1) is 0 Å². The smallest absolute Gasteiger partial charge is 0.748 e. The first kappa shape index (κ1) is 20.9. The van der Waals surface area contributed by atoms with Crippen LogP contribution in [0.25, 0.3) is 0 Å². The van der Waals surface area contributed by atoms with Gasteiger partial charge in [0.05, 0.1) is 10.1 Å². The standard InChI is InChI=1S/C9H21NO3S3.Na/c1-2-3-6-14-15-8-9(10)5-4-7-16(11,12)13;/h9H,2-8,10H2,1H3,(H,11,12,13);/q;+1/p-1. The Hall–Kier alpha value is 1.57. The molecule has 98 valence electrons. The summed E-state index contributed by atoms with van der Waals surface area (Å²) in [5.74, 6) is 1.64. The van der Waals surface area contributed by atoms with Gasteiger partial charge in [0.15, 0.2) is 0 Å². The Balaban J connectivity index is 0. The van der Waals surface area contributed by atoms with E-state index >= 15 is 0 Å². The molecule has 0 saturated carbocycles. The molecule has 0 saturated heterocycles. The number of hydrogen-bond donors (Lipinski definition) is 1. The van der Waals surface area contributed by atoms with E-state index in [0.717, 1.165) is 11.5 Å². The maximum atomic E-state index is 10.3. The fourth-order valence-electron chi connectivity index (χ4n) is 1.00. The van der Waals surface area contributed by atoms with Crippen LogP contribution in [0.4, 0.5) is 0 Å². The molecule has 4 nitrogen and oxygen atoms in total. The summed E-state index contributed by atoms with van der Waals surface area (Å²) in [7, 11) is -0.545. The van der Waals surface area contributed by atoms with Crippen LogP contribution in [-0.4, -0.2) is 36.3 Å². The van der Waals surface area contributed by atoms with Crippen LogP contribution >= 0.6 is 21.6 Å². The van der Waals surface area contributed by atoms with Crippen molar-refractivity contribution in [1.82, 2.24) is 0 Å². The number of unbranched alkanes of at least 4 members (excludes halogenated alkanes) is 1. The van der Waals surface area contributed by atoms with Crippen molar-refractivity contribution in [2.24, 2.45) is 5.73 Å². The molecule has 0 aromatic heterocycles. The van der Waals surface area contributed by atoms with Crippen LogP contribution in [0.5, 0.6) is 0 Å². The molecule has 0 heterocycles. The Labute approximate surface area is 135 Å². The summed E-state index contributed by atoms with van der Waals surface area (Å²) in [6, 6.07) is -0.0131. The zero-order chi connectivity index (χ0) is 12.4. The summed E-state index contributed by atoms with van der Waals surface area (Å²) in [4.78, 5) is 0. The topological polar surface area (TPSA) is 83.2 Å². The van der Waals surface area contributed by atoms with Gasteiger partial charge in [0.2, 0.25) is 0 Å². The van der Waals surface area contributed by atoms with Crippen LogP contribution in [0.15, 0.2) is 0 Å². The van der Waals surface area contributed by atoms with E-state index in [-0.39, 0.29) is 41.4 Å². The summed E-state index contributed by atoms with van der Waals surface area (Å²) in [6.07, 6.45) is 3.37. The normalized spacial score (nSPS) is 13.1. The van der Waals surface area contributed by atoms with Gasteiger partial charge in [0.25, 0.3) is 0 Å². The van der Waals surface area contributed by atoms with Crippen molar-refractivity contribution in [1.29, 1.82) is 0 Å².